The molecule has 22 nitrogen and oxygen atoms in total. The van der Waals surface area contributed by atoms with Crippen LogP contribution < -0.4 is 40.5 Å². The Bertz CT molecular complexity index is 4940. The number of benzene rings is 6. The molecule has 3 aliphatic heterocycles. The summed E-state index contributed by atoms with van der Waals surface area (Å²) in [5.74, 6) is 1.87. The summed E-state index contributed by atoms with van der Waals surface area (Å²) in [6.45, 7) is 17.4. The monoisotopic (exact) mass is 1660 g/mol. The van der Waals surface area contributed by atoms with Gasteiger partial charge in [-0.15, -0.1) is 0 Å². The number of aromatic nitrogens is 8. The normalized spacial score (nSPS) is 17.0. The van der Waals surface area contributed by atoms with E-state index in [1.165, 1.54) is 26.6 Å². The summed E-state index contributed by atoms with van der Waals surface area (Å²) >= 11 is 41.5. The van der Waals surface area contributed by atoms with Gasteiger partial charge in [-0.05, 0) is 100.0 Å². The highest BCUT2D eigenvalue weighted by Crippen LogP contribution is 2.46. The van der Waals surface area contributed by atoms with Crippen LogP contribution in [0.2, 0.25) is 30.1 Å². The molecule has 1 aliphatic carbocycles. The van der Waals surface area contributed by atoms with Gasteiger partial charge >= 0.3 is 14.2 Å². The van der Waals surface area contributed by atoms with Gasteiger partial charge in [0.15, 0.2) is 24.0 Å². The Balaban J connectivity index is 0.000000163. The van der Waals surface area contributed by atoms with Crippen molar-refractivity contribution in [2.75, 3.05) is 35.0 Å². The molecule has 2 atom stereocenters. The van der Waals surface area contributed by atoms with E-state index in [1.807, 2.05) is 152 Å². The first kappa shape index (κ1) is 84.4. The maximum absolute atomic E-state index is 11.6. The van der Waals surface area contributed by atoms with E-state index in [2.05, 4.69) is 40.5 Å². The second-order valence-electron chi connectivity index (χ2n) is 29.7. The standard InChI is InChI=1S/C36H38Cl2N6O4.C24H30B2Cl2O4.C24H16Cl2N4O4/c1-47-35-28(11-3-6-22-13-15-32(46)42-22)40-19-29(43-35)26-9-4-7-24(33(26)37)25-8-5-10-27(34(25)38)30-20-41-31(36(44-30)48-2)18-39-17-21-12-14-23(45)16-21;1-21(2)22(3,4)30-25(29-21)17-13-9-11-15(19(17)27)16-12-10-14-18(20(16)28)26-31-23(5,6)24(7,8)32-26;1-33-23-19(11-31)27-9-17(29-23)15-7-3-5-13(21(15)25)14-6-4-8-16(22(14)26)18-10-28-20(12-32)24(30-18)34-2/h4-5,7-10,19-22,39H,3,6,11-18H2,1-2H3,(H,42,46);9-14H,1-8H3;3-12H,1-2H3/t21-,22-;;/m1../s1. The lowest BCUT2D eigenvalue weighted by Gasteiger charge is -2.32. The quantitative estimate of drug-likeness (QED) is 0.0445. The van der Waals surface area contributed by atoms with Gasteiger partial charge in [0, 0.05) is 108 Å². The van der Waals surface area contributed by atoms with E-state index >= 15 is 0 Å². The summed E-state index contributed by atoms with van der Waals surface area (Å²) in [5, 5.41) is 9.24. The van der Waals surface area contributed by atoms with E-state index < -0.39 is 36.6 Å². The molecule has 1 saturated carbocycles. The number of methoxy groups -OCH3 is 4. The van der Waals surface area contributed by atoms with E-state index in [4.69, 9.17) is 117 Å². The predicted octanol–water partition coefficient (Wildman–Crippen LogP) is 17.1. The minimum absolute atomic E-state index is 0.0893. The average Bonchev–Trinajstić information content (AvgIpc) is 1.59. The van der Waals surface area contributed by atoms with Gasteiger partial charge in [-0.2, -0.15) is 0 Å². The molecule has 10 aromatic rings. The minimum Gasteiger partial charge on any atom is -0.480 e. The summed E-state index contributed by atoms with van der Waals surface area (Å²) in [4.78, 5) is 81.1. The van der Waals surface area contributed by atoms with Gasteiger partial charge in [0.2, 0.25) is 29.4 Å². The fourth-order valence-corrected chi connectivity index (χ4v) is 15.5. The number of amides is 1. The third-order valence-corrected chi connectivity index (χ3v) is 23.8. The van der Waals surface area contributed by atoms with Gasteiger partial charge in [-0.1, -0.05) is 179 Å². The van der Waals surface area contributed by atoms with E-state index in [1.54, 1.807) is 38.7 Å². The molecule has 0 unspecified atom stereocenters. The number of ether oxygens (including phenoxy) is 4. The zero-order chi connectivity index (χ0) is 81.6. The van der Waals surface area contributed by atoms with Crippen LogP contribution in [0.3, 0.4) is 0 Å². The molecular weight excluding hydrogens is 1580 g/mol. The first-order valence-electron chi connectivity index (χ1n) is 37.0. The van der Waals surface area contributed by atoms with Crippen molar-refractivity contribution < 1.29 is 56.7 Å². The molecule has 3 saturated heterocycles. The lowest BCUT2D eigenvalue weighted by Crippen LogP contribution is -2.41. The van der Waals surface area contributed by atoms with Crippen LogP contribution in [0.25, 0.3) is 78.4 Å². The Labute approximate surface area is 693 Å². The van der Waals surface area contributed by atoms with E-state index in [9.17, 15) is 19.2 Å². The number of nitrogens with zero attached hydrogens (tertiary/aromatic N) is 8. The topological polar surface area (TPSA) is 269 Å². The highest BCUT2D eigenvalue weighted by atomic mass is 35.5. The molecule has 1 amide bonds. The molecule has 590 valence electrons. The Morgan fingerprint density at radius 3 is 1.15 bits per heavy atom. The molecule has 0 bridgehead atoms. The largest absolute Gasteiger partial charge is 0.496 e. The van der Waals surface area contributed by atoms with Gasteiger partial charge in [0.1, 0.15) is 17.2 Å². The van der Waals surface area contributed by atoms with Crippen molar-refractivity contribution in [2.24, 2.45) is 5.92 Å². The Morgan fingerprint density at radius 2 is 0.798 bits per heavy atom. The third-order valence-electron chi connectivity index (χ3n) is 21.3. The van der Waals surface area contributed by atoms with Gasteiger partial charge in [-0.25, -0.2) is 29.9 Å². The van der Waals surface area contributed by atoms with Crippen molar-refractivity contribution in [3.05, 3.63) is 187 Å². The first-order chi connectivity index (χ1) is 54.5. The Morgan fingerprint density at radius 1 is 0.456 bits per heavy atom. The van der Waals surface area contributed by atoms with E-state index in [0.717, 1.165) is 71.1 Å². The van der Waals surface area contributed by atoms with E-state index in [0.29, 0.717) is 160 Å². The number of Topliss-reactive ketones (excluding diaryl/α,β-unsaturated/α-hetero) is 1. The highest BCUT2D eigenvalue weighted by molar-refractivity contribution is 6.67. The van der Waals surface area contributed by atoms with Crippen LogP contribution in [0.15, 0.2) is 134 Å². The van der Waals surface area contributed by atoms with Crippen LogP contribution >= 0.6 is 69.6 Å². The van der Waals surface area contributed by atoms with Crippen molar-refractivity contribution in [2.45, 2.75) is 142 Å². The van der Waals surface area contributed by atoms with Crippen LogP contribution in [0.4, 0.5) is 0 Å². The van der Waals surface area contributed by atoms with Gasteiger partial charge in [-0.3, -0.25) is 29.1 Å². The number of hydrogen-bond acceptors (Lipinski definition) is 21. The van der Waals surface area contributed by atoms with Crippen molar-refractivity contribution >= 4 is 119 Å². The van der Waals surface area contributed by atoms with Crippen LogP contribution in [-0.4, -0.2) is 142 Å². The number of hydrogen-bond donors (Lipinski definition) is 2. The van der Waals surface area contributed by atoms with Crippen molar-refractivity contribution in [1.82, 2.24) is 50.5 Å². The molecule has 6 aromatic carbocycles. The van der Waals surface area contributed by atoms with Crippen LogP contribution in [0.5, 0.6) is 23.5 Å². The van der Waals surface area contributed by atoms with Crippen molar-refractivity contribution in [1.29, 1.82) is 0 Å². The zero-order valence-electron chi connectivity index (χ0n) is 65.0. The van der Waals surface area contributed by atoms with Crippen LogP contribution in [0, 0.1) is 5.92 Å². The summed E-state index contributed by atoms with van der Waals surface area (Å²) in [5.41, 5.74) is 10.3. The Hall–Kier alpha value is -9.01. The Kier molecular flexibility index (Phi) is 26.7. The van der Waals surface area contributed by atoms with Gasteiger partial charge in [0.25, 0.3) is 0 Å². The average molecular weight is 1660 g/mol. The summed E-state index contributed by atoms with van der Waals surface area (Å²) < 4.78 is 46.4. The summed E-state index contributed by atoms with van der Waals surface area (Å²) in [7, 11) is 4.85. The van der Waals surface area contributed by atoms with E-state index in [-0.39, 0.29) is 35.1 Å². The molecule has 30 heteroatoms. The lowest BCUT2D eigenvalue weighted by molar-refractivity contribution is -0.119. The molecule has 2 N–H and O–H groups in total. The SMILES string of the molecule is CC1(C)OB(c2cccc(-c3cccc(B4OC(C)(C)C(C)(C)O4)c3Cl)c2Cl)OC1(C)C.COc1nc(-c2cccc(-c3cccc(-c4cnc(C=O)c(OC)n4)c3Cl)c2Cl)cnc1C=O.COc1nc(-c2cccc(-c3cccc(-c4cnc(CNC[C@@H]5CCC(=O)C5)c(OC)n4)c3Cl)c2Cl)cnc1CCC[C@@H]1CCC(=O)N1. The number of carbonyl (C=O) groups excluding carboxylic acids is 4. The highest BCUT2D eigenvalue weighted by Gasteiger charge is 2.54. The number of rotatable bonds is 23. The molecular formula is C84H84B2Cl6N10O12. The van der Waals surface area contributed by atoms with Crippen LogP contribution in [-0.2, 0) is 41.2 Å². The maximum Gasteiger partial charge on any atom is 0.496 e. The summed E-state index contributed by atoms with van der Waals surface area (Å²) in [6.07, 6.45) is 13.6. The fourth-order valence-electron chi connectivity index (χ4n) is 13.6. The first-order valence-corrected chi connectivity index (χ1v) is 39.3. The van der Waals surface area contributed by atoms with Gasteiger partial charge < -0.3 is 48.2 Å². The number of ketones is 1. The van der Waals surface area contributed by atoms with Crippen molar-refractivity contribution in [3.63, 3.8) is 0 Å². The van der Waals surface area contributed by atoms with Crippen molar-refractivity contribution in [3.8, 4) is 102 Å². The minimum atomic E-state index is -0.558. The maximum atomic E-state index is 11.6. The number of nitrogens with one attached hydrogen (secondary N) is 2. The zero-order valence-corrected chi connectivity index (χ0v) is 69.5. The lowest BCUT2D eigenvalue weighted by atomic mass is 9.76. The molecule has 4 fully saturated rings. The summed E-state index contributed by atoms with van der Waals surface area (Å²) in [6, 6.07) is 34.1. The number of carbonyl (C=O) groups is 4. The van der Waals surface area contributed by atoms with Crippen LogP contribution in [0.1, 0.15) is 133 Å². The molecule has 7 heterocycles. The molecule has 114 heavy (non-hydrogen) atoms. The molecule has 4 aliphatic rings. The number of aryl methyl sites for hydroxylation is 1. The number of halogens is 6. The third kappa shape index (κ3) is 18.1. The predicted molar refractivity (Wildman–Crippen MR) is 446 cm³/mol. The van der Waals surface area contributed by atoms with Gasteiger partial charge in [0.05, 0.1) is 118 Å². The second kappa shape index (κ2) is 36.0. The second-order valence-corrected chi connectivity index (χ2v) is 32.0. The molecule has 0 radical (unpaired) electrons. The molecule has 0 spiro atoms. The molecule has 4 aromatic heterocycles. The molecule has 14 rings (SSSR count). The number of aldehydes is 2. The fraction of sp³-hybridized carbons (Fsp3) is 0.333. The smallest absolute Gasteiger partial charge is 0.480 e.